The normalized spacial score (nSPS) is 13.1. The molecule has 0 aliphatic heterocycles. The monoisotopic (exact) mass is 92.0 g/mol. The fourth-order valence-corrected chi connectivity index (χ4v) is 0.617. The SMILES string of the molecule is c1cc2c(nn1)C2. The highest BCUT2D eigenvalue weighted by Crippen LogP contribution is 2.21. The van der Waals surface area contributed by atoms with E-state index in [0.717, 1.165) is 6.42 Å². The lowest BCUT2D eigenvalue weighted by Gasteiger charge is -1.68. The minimum Gasteiger partial charge on any atom is -0.159 e. The van der Waals surface area contributed by atoms with Crippen molar-refractivity contribution in [3.8, 4) is 0 Å². The fourth-order valence-electron chi connectivity index (χ4n) is 0.617. The van der Waals surface area contributed by atoms with Crippen molar-refractivity contribution in [2.75, 3.05) is 0 Å². The number of aromatic nitrogens is 2. The number of nitrogens with zero attached hydrogens (tertiary/aromatic N) is 2. The molecule has 1 heterocycles. The zero-order valence-electron chi connectivity index (χ0n) is 3.76. The molecule has 0 radical (unpaired) electrons. The van der Waals surface area contributed by atoms with Crippen LogP contribution >= 0.6 is 0 Å². The Morgan fingerprint density at radius 2 is 2.57 bits per heavy atom. The van der Waals surface area contributed by atoms with Crippen molar-refractivity contribution < 1.29 is 0 Å². The van der Waals surface area contributed by atoms with E-state index in [0.29, 0.717) is 0 Å². The Morgan fingerprint density at radius 3 is 3.14 bits per heavy atom. The average Bonchev–Trinajstić information content (AvgIpc) is 2.41. The highest BCUT2D eigenvalue weighted by Gasteiger charge is 2.16. The van der Waals surface area contributed by atoms with Gasteiger partial charge in [-0.15, -0.1) is 0 Å². The summed E-state index contributed by atoms with van der Waals surface area (Å²) in [5, 5.41) is 7.51. The predicted molar refractivity (Wildman–Crippen MR) is 24.8 cm³/mol. The van der Waals surface area contributed by atoms with Crippen molar-refractivity contribution in [2.24, 2.45) is 0 Å². The maximum Gasteiger partial charge on any atom is 0.0711 e. The topological polar surface area (TPSA) is 25.8 Å². The molecule has 0 saturated carbocycles. The summed E-state index contributed by atoms with van der Waals surface area (Å²) in [6.07, 6.45) is 2.80. The van der Waals surface area contributed by atoms with Gasteiger partial charge in [0.05, 0.1) is 5.69 Å². The van der Waals surface area contributed by atoms with E-state index in [4.69, 9.17) is 0 Å². The van der Waals surface area contributed by atoms with Crippen molar-refractivity contribution in [3.63, 3.8) is 0 Å². The molecule has 2 heteroatoms. The molecule has 0 atom stereocenters. The molecule has 0 saturated heterocycles. The van der Waals surface area contributed by atoms with E-state index in [2.05, 4.69) is 10.2 Å². The van der Waals surface area contributed by atoms with Crippen LogP contribution in [0.3, 0.4) is 0 Å². The third-order valence-corrected chi connectivity index (χ3v) is 1.12. The maximum absolute atomic E-state index is 3.82. The van der Waals surface area contributed by atoms with Crippen LogP contribution in [0.1, 0.15) is 11.3 Å². The molecule has 0 fully saturated rings. The zero-order chi connectivity index (χ0) is 4.69. The Hall–Kier alpha value is -0.920. The second-order valence-electron chi connectivity index (χ2n) is 1.68. The molecular weight excluding hydrogens is 88.1 g/mol. The molecule has 0 amide bonds. The number of fused-ring (bicyclic) bond motifs is 1. The molecule has 1 aliphatic carbocycles. The fraction of sp³-hybridized carbons (Fsp3) is 0.200. The minimum absolute atomic E-state index is 1.07. The van der Waals surface area contributed by atoms with Crippen LogP contribution < -0.4 is 0 Å². The van der Waals surface area contributed by atoms with Gasteiger partial charge in [-0.1, -0.05) is 0 Å². The van der Waals surface area contributed by atoms with Gasteiger partial charge in [-0.3, -0.25) is 0 Å². The van der Waals surface area contributed by atoms with Crippen LogP contribution in [0.2, 0.25) is 0 Å². The van der Waals surface area contributed by atoms with Crippen LogP contribution in [0.25, 0.3) is 0 Å². The molecule has 0 bridgehead atoms. The quantitative estimate of drug-likeness (QED) is 0.469. The molecule has 7 heavy (non-hydrogen) atoms. The van der Waals surface area contributed by atoms with Gasteiger partial charge in [0.15, 0.2) is 0 Å². The van der Waals surface area contributed by atoms with Crippen molar-refractivity contribution >= 4 is 0 Å². The Kier molecular flexibility index (Phi) is 0.372. The van der Waals surface area contributed by atoms with Crippen LogP contribution in [0.5, 0.6) is 0 Å². The van der Waals surface area contributed by atoms with Crippen molar-refractivity contribution in [3.05, 3.63) is 23.5 Å². The van der Waals surface area contributed by atoms with Gasteiger partial charge in [0, 0.05) is 12.6 Å². The molecule has 2 rings (SSSR count). The summed E-state index contributed by atoms with van der Waals surface area (Å²) < 4.78 is 0. The smallest absolute Gasteiger partial charge is 0.0711 e. The minimum atomic E-state index is 1.07. The van der Waals surface area contributed by atoms with E-state index in [1.165, 1.54) is 11.3 Å². The highest BCUT2D eigenvalue weighted by atomic mass is 15.1. The summed E-state index contributed by atoms with van der Waals surface area (Å²) in [6, 6.07) is 2.00. The molecule has 0 aromatic carbocycles. The molecule has 2 nitrogen and oxygen atoms in total. The molecule has 1 aromatic rings. The summed E-state index contributed by atoms with van der Waals surface area (Å²) >= 11 is 0. The van der Waals surface area contributed by atoms with Gasteiger partial charge < -0.3 is 0 Å². The van der Waals surface area contributed by atoms with Crippen LogP contribution in [-0.2, 0) is 6.42 Å². The largest absolute Gasteiger partial charge is 0.159 e. The predicted octanol–water partition coefficient (Wildman–Crippen LogP) is 0.381. The average molecular weight is 92.1 g/mol. The summed E-state index contributed by atoms with van der Waals surface area (Å²) in [5.41, 5.74) is 2.53. The lowest BCUT2D eigenvalue weighted by molar-refractivity contribution is 1.03. The Bertz CT molecular complexity index is 174. The summed E-state index contributed by atoms with van der Waals surface area (Å²) in [4.78, 5) is 0. The van der Waals surface area contributed by atoms with Gasteiger partial charge in [0.1, 0.15) is 0 Å². The van der Waals surface area contributed by atoms with Gasteiger partial charge >= 0.3 is 0 Å². The third-order valence-electron chi connectivity index (χ3n) is 1.12. The second-order valence-corrected chi connectivity index (χ2v) is 1.68. The Labute approximate surface area is 41.2 Å². The summed E-state index contributed by atoms with van der Waals surface area (Å²) in [7, 11) is 0. The molecule has 34 valence electrons. The van der Waals surface area contributed by atoms with Crippen LogP contribution in [0, 0.1) is 0 Å². The van der Waals surface area contributed by atoms with Crippen molar-refractivity contribution in [2.45, 2.75) is 6.42 Å². The maximum atomic E-state index is 3.82. The first-order valence-electron chi connectivity index (χ1n) is 2.26. The number of hydrogen-bond donors (Lipinski definition) is 0. The molecule has 1 aliphatic rings. The highest BCUT2D eigenvalue weighted by molar-refractivity contribution is 5.36. The van der Waals surface area contributed by atoms with E-state index < -0.39 is 0 Å². The molecule has 0 unspecified atom stereocenters. The van der Waals surface area contributed by atoms with E-state index >= 15 is 0 Å². The van der Waals surface area contributed by atoms with E-state index in [1.807, 2.05) is 6.07 Å². The van der Waals surface area contributed by atoms with Crippen molar-refractivity contribution in [1.29, 1.82) is 0 Å². The van der Waals surface area contributed by atoms with Crippen LogP contribution in [0.4, 0.5) is 0 Å². The molecule has 1 aromatic heterocycles. The lowest BCUT2D eigenvalue weighted by atomic mass is 10.6. The van der Waals surface area contributed by atoms with Gasteiger partial charge in [-0.05, 0) is 11.6 Å². The second kappa shape index (κ2) is 0.832. The van der Waals surface area contributed by atoms with Gasteiger partial charge in [-0.25, -0.2) is 0 Å². The van der Waals surface area contributed by atoms with Gasteiger partial charge in [0.25, 0.3) is 0 Å². The summed E-state index contributed by atoms with van der Waals surface area (Å²) in [6.45, 7) is 0. The molecule has 0 spiro atoms. The first-order valence-corrected chi connectivity index (χ1v) is 2.26. The summed E-state index contributed by atoms with van der Waals surface area (Å²) in [5.74, 6) is 0. The Balaban J connectivity index is 2.73. The first-order chi connectivity index (χ1) is 3.47. The first kappa shape index (κ1) is 3.13. The standard InChI is InChI=1S/C5H4N2/c1-2-6-7-5-3-4(1)5/h1-2H,3H2. The molecular formula is C5H4N2. The van der Waals surface area contributed by atoms with Crippen molar-refractivity contribution in [1.82, 2.24) is 10.2 Å². The van der Waals surface area contributed by atoms with Gasteiger partial charge in [0.2, 0.25) is 0 Å². The van der Waals surface area contributed by atoms with E-state index in [1.54, 1.807) is 6.20 Å². The number of hydrogen-bond acceptors (Lipinski definition) is 2. The lowest BCUT2D eigenvalue weighted by Crippen LogP contribution is -1.70. The van der Waals surface area contributed by atoms with Crippen LogP contribution in [-0.4, -0.2) is 10.2 Å². The van der Waals surface area contributed by atoms with Gasteiger partial charge in [-0.2, -0.15) is 10.2 Å². The zero-order valence-corrected chi connectivity index (χ0v) is 3.76. The van der Waals surface area contributed by atoms with Crippen LogP contribution in [0.15, 0.2) is 12.3 Å². The van der Waals surface area contributed by atoms with E-state index in [-0.39, 0.29) is 0 Å². The third kappa shape index (κ3) is 0.330. The Morgan fingerprint density at radius 1 is 1.57 bits per heavy atom. The molecule has 0 N–H and O–H groups in total. The van der Waals surface area contributed by atoms with E-state index in [9.17, 15) is 0 Å². The number of rotatable bonds is 0.